The van der Waals surface area contributed by atoms with Gasteiger partial charge < -0.3 is 0 Å². The molecule has 0 saturated heterocycles. The van der Waals surface area contributed by atoms with Crippen LogP contribution in [0.5, 0.6) is 0 Å². The Morgan fingerprint density at radius 3 is 1.93 bits per heavy atom. The first-order valence-electron chi connectivity index (χ1n) is 10.8. The van der Waals surface area contributed by atoms with Crippen LogP contribution in [0.25, 0.3) is 0 Å². The van der Waals surface area contributed by atoms with Crippen molar-refractivity contribution in [2.75, 3.05) is 6.16 Å². The van der Waals surface area contributed by atoms with Crippen LogP contribution in [0.3, 0.4) is 0 Å². The lowest BCUT2D eigenvalue weighted by Crippen LogP contribution is -2.26. The summed E-state index contributed by atoms with van der Waals surface area (Å²) in [5.74, 6) is -0.0499. The van der Waals surface area contributed by atoms with Gasteiger partial charge >= 0.3 is 7.80 Å². The van der Waals surface area contributed by atoms with Gasteiger partial charge in [-0.1, -0.05) is 96.4 Å². The minimum atomic E-state index is -1.68. The minimum absolute atomic E-state index is 0.0397. The average molecular weight is 426 g/mol. The third-order valence-corrected chi connectivity index (χ3v) is 7.56. The van der Waals surface area contributed by atoms with Crippen LogP contribution in [0.2, 0.25) is 0 Å². The van der Waals surface area contributed by atoms with Crippen molar-refractivity contribution in [3.8, 4) is 0 Å². The molecule has 162 valence electrons. The molecular weight excluding hydrogens is 387 g/mol. The van der Waals surface area contributed by atoms with E-state index in [0.29, 0.717) is 17.3 Å². The van der Waals surface area contributed by atoms with Gasteiger partial charge in [0.2, 0.25) is 5.30 Å². The maximum atomic E-state index is 13.5. The number of rotatable bonds is 6. The summed E-state index contributed by atoms with van der Waals surface area (Å²) >= 11 is 0. The first-order chi connectivity index (χ1) is 13.6. The van der Waals surface area contributed by atoms with Crippen LogP contribution >= 0.6 is 7.80 Å². The van der Waals surface area contributed by atoms with Gasteiger partial charge in [0.1, 0.15) is 0 Å². The summed E-state index contributed by atoms with van der Waals surface area (Å²) in [5.41, 5.74) is 3.48. The van der Waals surface area contributed by atoms with E-state index in [-0.39, 0.29) is 22.0 Å². The van der Waals surface area contributed by atoms with Gasteiger partial charge in [0.15, 0.2) is 11.9 Å². The molecule has 2 rings (SSSR count). The molecule has 0 aliphatic carbocycles. The molecule has 0 spiro atoms. The number of aryl methyl sites for hydroxylation is 1. The summed E-state index contributed by atoms with van der Waals surface area (Å²) in [6.07, 6.45) is 1.55. The second-order valence-corrected chi connectivity index (χ2v) is 13.1. The lowest BCUT2D eigenvalue weighted by molar-refractivity contribution is 0.103. The standard InChI is InChI=1S/C27H38O2P/c1-19-11-10-12-22(23(28)20-13-15-21(16-14-20)26(5,6)7)24(19)30(29)18-27(8,9)17-25(2,3)4/h10-16H,17-18H2,1-9H3/q+1. The summed E-state index contributed by atoms with van der Waals surface area (Å²) in [5, 5.41) is 0.722. The van der Waals surface area contributed by atoms with Gasteiger partial charge in [0.05, 0.1) is 5.56 Å². The molecule has 0 heterocycles. The Kier molecular flexibility index (Phi) is 7.14. The maximum absolute atomic E-state index is 13.5. The van der Waals surface area contributed by atoms with Crippen molar-refractivity contribution in [3.05, 3.63) is 64.7 Å². The van der Waals surface area contributed by atoms with E-state index in [1.54, 1.807) is 0 Å². The first kappa shape index (κ1) is 24.5. The summed E-state index contributed by atoms with van der Waals surface area (Å²) in [7, 11) is -1.68. The van der Waals surface area contributed by atoms with E-state index in [1.165, 1.54) is 5.56 Å². The SMILES string of the molecule is Cc1cccc(C(=O)c2ccc(C(C)(C)C)cc2)c1[P+](=O)CC(C)(C)CC(C)(C)C. The molecule has 2 nitrogen and oxygen atoms in total. The summed E-state index contributed by atoms with van der Waals surface area (Å²) in [4.78, 5) is 13.4. The normalized spacial score (nSPS) is 13.3. The first-order valence-corrected chi connectivity index (χ1v) is 12.2. The smallest absolute Gasteiger partial charge is 0.288 e. The molecule has 3 heteroatoms. The Hall–Kier alpha value is -1.79. The van der Waals surface area contributed by atoms with Gasteiger partial charge in [-0.05, 0) is 35.8 Å². The Morgan fingerprint density at radius 2 is 1.43 bits per heavy atom. The third kappa shape index (κ3) is 6.35. The van der Waals surface area contributed by atoms with E-state index in [9.17, 15) is 9.36 Å². The number of ketones is 1. The number of hydrogen-bond acceptors (Lipinski definition) is 2. The van der Waals surface area contributed by atoms with Crippen molar-refractivity contribution in [2.24, 2.45) is 10.8 Å². The third-order valence-electron chi connectivity index (χ3n) is 5.33. The molecule has 2 aromatic rings. The van der Waals surface area contributed by atoms with Crippen LogP contribution in [-0.4, -0.2) is 11.9 Å². The van der Waals surface area contributed by atoms with Crippen molar-refractivity contribution < 1.29 is 9.36 Å². The zero-order chi connectivity index (χ0) is 22.9. The molecule has 0 bridgehead atoms. The summed E-state index contributed by atoms with van der Waals surface area (Å²) in [6.45, 7) is 19.4. The van der Waals surface area contributed by atoms with Crippen LogP contribution in [0.15, 0.2) is 42.5 Å². The van der Waals surface area contributed by atoms with Crippen molar-refractivity contribution >= 4 is 18.9 Å². The van der Waals surface area contributed by atoms with E-state index < -0.39 is 7.80 Å². The lowest BCUT2D eigenvalue weighted by Gasteiger charge is -2.29. The zero-order valence-electron chi connectivity index (χ0n) is 20.2. The van der Waals surface area contributed by atoms with Crippen LogP contribution < -0.4 is 5.30 Å². The molecule has 0 fully saturated rings. The van der Waals surface area contributed by atoms with E-state index in [1.807, 2.05) is 49.4 Å². The van der Waals surface area contributed by atoms with Crippen LogP contribution in [0, 0.1) is 17.8 Å². The highest BCUT2D eigenvalue weighted by atomic mass is 31.1. The molecule has 30 heavy (non-hydrogen) atoms. The van der Waals surface area contributed by atoms with E-state index in [0.717, 1.165) is 17.3 Å². The van der Waals surface area contributed by atoms with E-state index in [4.69, 9.17) is 0 Å². The minimum Gasteiger partial charge on any atom is -0.288 e. The van der Waals surface area contributed by atoms with Crippen molar-refractivity contribution in [1.29, 1.82) is 0 Å². The molecule has 0 aromatic heterocycles. The zero-order valence-corrected chi connectivity index (χ0v) is 21.1. The van der Waals surface area contributed by atoms with Crippen LogP contribution in [0.4, 0.5) is 0 Å². The molecule has 0 aliphatic rings. The fourth-order valence-electron chi connectivity index (χ4n) is 4.41. The van der Waals surface area contributed by atoms with Gasteiger partial charge in [0.25, 0.3) is 0 Å². The molecular formula is C27H38O2P+. The second kappa shape index (κ2) is 8.75. The molecule has 0 saturated carbocycles. The number of carbonyl (C=O) groups is 1. The Morgan fingerprint density at radius 1 is 0.867 bits per heavy atom. The van der Waals surface area contributed by atoms with Crippen LogP contribution in [0.1, 0.15) is 88.9 Å². The predicted octanol–water partition coefficient (Wildman–Crippen LogP) is 7.44. The predicted molar refractivity (Wildman–Crippen MR) is 130 cm³/mol. The average Bonchev–Trinajstić information content (AvgIpc) is 2.57. The largest absolute Gasteiger partial charge is 0.378 e. The molecule has 1 atom stereocenters. The van der Waals surface area contributed by atoms with E-state index in [2.05, 4.69) is 55.4 Å². The maximum Gasteiger partial charge on any atom is 0.378 e. The topological polar surface area (TPSA) is 34.1 Å². The molecule has 0 amide bonds. The molecule has 2 aromatic carbocycles. The van der Waals surface area contributed by atoms with E-state index >= 15 is 0 Å². The molecule has 0 aliphatic heterocycles. The molecule has 0 radical (unpaired) electrons. The second-order valence-electron chi connectivity index (χ2n) is 11.6. The summed E-state index contributed by atoms with van der Waals surface area (Å²) < 4.78 is 13.5. The summed E-state index contributed by atoms with van der Waals surface area (Å²) in [6, 6.07) is 13.5. The van der Waals surface area contributed by atoms with Gasteiger partial charge in [-0.2, -0.15) is 0 Å². The Labute approximate surface area is 184 Å². The Balaban J connectivity index is 2.38. The van der Waals surface area contributed by atoms with Gasteiger partial charge in [0, 0.05) is 16.5 Å². The molecule has 0 N–H and O–H groups in total. The van der Waals surface area contributed by atoms with Crippen molar-refractivity contribution in [3.63, 3.8) is 0 Å². The highest BCUT2D eigenvalue weighted by Gasteiger charge is 2.38. The Bertz CT molecular complexity index is 923. The highest BCUT2D eigenvalue weighted by molar-refractivity contribution is 7.53. The number of carbonyl (C=O) groups excluding carboxylic acids is 1. The fraction of sp³-hybridized carbons (Fsp3) is 0.519. The van der Waals surface area contributed by atoms with Gasteiger partial charge in [-0.15, -0.1) is 0 Å². The monoisotopic (exact) mass is 425 g/mol. The van der Waals surface area contributed by atoms with Crippen LogP contribution in [-0.2, 0) is 9.98 Å². The van der Waals surface area contributed by atoms with Gasteiger partial charge in [-0.3, -0.25) is 4.79 Å². The molecule has 1 unspecified atom stereocenters. The highest BCUT2D eigenvalue weighted by Crippen LogP contribution is 2.40. The quantitative estimate of drug-likeness (QED) is 0.356. The lowest BCUT2D eigenvalue weighted by atomic mass is 9.77. The fourth-order valence-corrected chi connectivity index (χ4v) is 6.37. The van der Waals surface area contributed by atoms with Crippen molar-refractivity contribution in [2.45, 2.75) is 74.1 Å². The number of benzene rings is 2. The van der Waals surface area contributed by atoms with Crippen molar-refractivity contribution in [1.82, 2.24) is 0 Å². The van der Waals surface area contributed by atoms with Gasteiger partial charge in [-0.25, -0.2) is 0 Å². The number of hydrogen-bond donors (Lipinski definition) is 0.